The maximum Gasteiger partial charge on any atom is 0.347 e. The molecule has 0 atom stereocenters. The summed E-state index contributed by atoms with van der Waals surface area (Å²) >= 11 is 0. The smallest absolute Gasteiger partial charge is 0.347 e. The van der Waals surface area contributed by atoms with Gasteiger partial charge < -0.3 is 18.9 Å². The Balaban J connectivity index is 2.33. The molecule has 0 heterocycles. The van der Waals surface area contributed by atoms with Gasteiger partial charge in [-0.05, 0) is 38.1 Å². The molecule has 0 aliphatic heterocycles. The molecule has 0 amide bonds. The number of hydrogen-bond acceptors (Lipinski definition) is 8. The summed E-state index contributed by atoms with van der Waals surface area (Å²) in [7, 11) is -0.642. The molecular weight excluding hydrogens is 399 g/mol. The van der Waals surface area contributed by atoms with E-state index in [0.29, 0.717) is 5.56 Å². The summed E-state index contributed by atoms with van der Waals surface area (Å²) in [4.78, 5) is 23.8. The number of carbonyl (C=O) groups excluding carboxylic acids is 2. The molecule has 9 heteroatoms. The largest absolute Gasteiger partial charge is 0.426 e. The van der Waals surface area contributed by atoms with Crippen LogP contribution in [0.4, 0.5) is 0 Å². The van der Waals surface area contributed by atoms with Crippen molar-refractivity contribution in [3.8, 4) is 11.5 Å². The van der Waals surface area contributed by atoms with E-state index in [0.717, 1.165) is 0 Å². The number of benzene rings is 2. The van der Waals surface area contributed by atoms with E-state index in [1.165, 1.54) is 25.1 Å². The lowest BCUT2D eigenvalue weighted by Crippen LogP contribution is -2.34. The summed E-state index contributed by atoms with van der Waals surface area (Å²) in [6.45, 7) is 5.13. The molecule has 0 aliphatic carbocycles. The lowest BCUT2D eigenvalue weighted by molar-refractivity contribution is -0.350. The number of ether oxygens (including phenoxy) is 4. The van der Waals surface area contributed by atoms with E-state index in [1.54, 1.807) is 44.2 Å². The Bertz CT molecular complexity index is 861. The van der Waals surface area contributed by atoms with Gasteiger partial charge in [-0.25, -0.2) is 13.9 Å². The maximum atomic E-state index is 12.6. The highest BCUT2D eigenvalue weighted by molar-refractivity contribution is 7.17. The molecule has 0 radical (unpaired) electrons. The van der Waals surface area contributed by atoms with Gasteiger partial charge in [-0.3, -0.25) is 4.79 Å². The van der Waals surface area contributed by atoms with Gasteiger partial charge in [0.1, 0.15) is 17.1 Å². The van der Waals surface area contributed by atoms with Crippen molar-refractivity contribution in [3.63, 3.8) is 0 Å². The first-order valence-corrected chi connectivity index (χ1v) is 9.57. The predicted molar refractivity (Wildman–Crippen MR) is 103 cm³/mol. The first-order valence-electron chi connectivity index (χ1n) is 8.84. The molecule has 0 unspecified atom stereocenters. The Hall–Kier alpha value is -2.64. The van der Waals surface area contributed by atoms with Crippen molar-refractivity contribution >= 4 is 20.6 Å². The number of para-hydroxylation sites is 1. The molecule has 0 aromatic heterocycles. The van der Waals surface area contributed by atoms with Crippen LogP contribution < -0.4 is 9.47 Å². The fourth-order valence-corrected chi connectivity index (χ4v) is 2.84. The number of carbonyl (C=O) groups is 2. The van der Waals surface area contributed by atoms with E-state index in [-0.39, 0.29) is 30.3 Å². The average Bonchev–Trinajstić information content (AvgIpc) is 2.68. The van der Waals surface area contributed by atoms with Gasteiger partial charge in [0, 0.05) is 12.5 Å². The van der Waals surface area contributed by atoms with Gasteiger partial charge in [-0.2, -0.15) is 0 Å². The summed E-state index contributed by atoms with van der Waals surface area (Å²) in [5, 5.41) is 0. The molecule has 2 aromatic rings. The third-order valence-corrected chi connectivity index (χ3v) is 3.90. The van der Waals surface area contributed by atoms with Crippen molar-refractivity contribution in [3.05, 3.63) is 59.7 Å². The van der Waals surface area contributed by atoms with Crippen LogP contribution in [0, 0.1) is 0 Å². The first-order chi connectivity index (χ1) is 14.0. The zero-order chi connectivity index (χ0) is 21.3. The highest BCUT2D eigenvalue weighted by Gasteiger charge is 2.37. The maximum absolute atomic E-state index is 12.6. The molecule has 0 bridgehead atoms. The minimum atomic E-state index is -1.72. The van der Waals surface area contributed by atoms with Crippen LogP contribution in [-0.4, -0.2) is 25.2 Å². The molecule has 0 aliphatic rings. The molecule has 0 fully saturated rings. The van der Waals surface area contributed by atoms with E-state index in [1.807, 2.05) is 0 Å². The molecule has 2 aromatic carbocycles. The lowest BCUT2D eigenvalue weighted by atomic mass is 10.1. The van der Waals surface area contributed by atoms with Crippen molar-refractivity contribution in [2.45, 2.75) is 26.7 Å². The zero-order valence-electron chi connectivity index (χ0n) is 16.2. The van der Waals surface area contributed by atoms with Gasteiger partial charge in [0.05, 0.1) is 13.2 Å². The van der Waals surface area contributed by atoms with Crippen LogP contribution in [0.2, 0.25) is 0 Å². The number of rotatable bonds is 10. The molecule has 0 saturated heterocycles. The van der Waals surface area contributed by atoms with Crippen LogP contribution in [0.25, 0.3) is 0 Å². The minimum absolute atomic E-state index is 0.0864. The van der Waals surface area contributed by atoms with Gasteiger partial charge in [-0.1, -0.05) is 24.3 Å². The zero-order valence-corrected chi connectivity index (χ0v) is 17.1. The Morgan fingerprint density at radius 2 is 1.66 bits per heavy atom. The van der Waals surface area contributed by atoms with E-state index in [4.69, 9.17) is 23.5 Å². The second-order valence-electron chi connectivity index (χ2n) is 5.60. The summed E-state index contributed by atoms with van der Waals surface area (Å²) in [5.74, 6) is -2.74. The van der Waals surface area contributed by atoms with E-state index < -0.39 is 26.6 Å². The van der Waals surface area contributed by atoms with Crippen LogP contribution in [0.5, 0.6) is 11.5 Å². The fourth-order valence-electron chi connectivity index (χ4n) is 2.53. The van der Waals surface area contributed by atoms with Crippen LogP contribution in [0.15, 0.2) is 48.5 Å². The molecule has 0 saturated carbocycles. The van der Waals surface area contributed by atoms with Gasteiger partial charge in [-0.15, -0.1) is 0 Å². The minimum Gasteiger partial charge on any atom is -0.426 e. The monoisotopic (exact) mass is 420 g/mol. The van der Waals surface area contributed by atoms with Gasteiger partial charge in [0.15, 0.2) is 0 Å². The van der Waals surface area contributed by atoms with E-state index in [9.17, 15) is 14.2 Å². The van der Waals surface area contributed by atoms with E-state index >= 15 is 0 Å². The van der Waals surface area contributed by atoms with Crippen molar-refractivity contribution in [2.75, 3.05) is 13.2 Å². The van der Waals surface area contributed by atoms with Crippen molar-refractivity contribution < 1.29 is 37.6 Å². The molecule has 154 valence electrons. The quantitative estimate of drug-likeness (QED) is 0.244. The Morgan fingerprint density at radius 3 is 2.28 bits per heavy atom. The van der Waals surface area contributed by atoms with Crippen LogP contribution >= 0.6 is 8.69 Å². The second kappa shape index (κ2) is 10.8. The van der Waals surface area contributed by atoms with Crippen molar-refractivity contribution in [1.82, 2.24) is 0 Å². The summed E-state index contributed by atoms with van der Waals surface area (Å²) in [6, 6.07) is 12.5. The second-order valence-corrected chi connectivity index (χ2v) is 5.93. The third-order valence-electron chi connectivity index (χ3n) is 3.58. The number of esters is 2. The molecule has 2 rings (SSSR count). The predicted octanol–water partition coefficient (Wildman–Crippen LogP) is 4.24. The molecular formula is C20H21O8P. The average molecular weight is 420 g/mol. The van der Waals surface area contributed by atoms with Gasteiger partial charge in [0.25, 0.3) is 0 Å². The normalized spacial score (nSPS) is 11.3. The topological polar surface area (TPSA) is 97.4 Å². The standard InChI is InChI=1S/C20H21O8P/c1-4-24-20(25-5-2,28-29-23)15-9-8-10-16(13-15)27-19(22)17-11-6-7-12-18(17)26-14(3)21/h6-13H,4-5H2,1-3H3. The summed E-state index contributed by atoms with van der Waals surface area (Å²) in [6.07, 6.45) is 0. The van der Waals surface area contributed by atoms with Crippen LogP contribution in [0.1, 0.15) is 36.7 Å². The van der Waals surface area contributed by atoms with Crippen molar-refractivity contribution in [1.29, 1.82) is 0 Å². The fraction of sp³-hybridized carbons (Fsp3) is 0.300. The molecule has 8 nitrogen and oxygen atoms in total. The van der Waals surface area contributed by atoms with Crippen LogP contribution in [0.3, 0.4) is 0 Å². The SMILES string of the molecule is CCOC(OCC)(OP=O)c1cccc(OC(=O)c2ccccc2OC(C)=O)c1. The Morgan fingerprint density at radius 1 is 0.966 bits per heavy atom. The van der Waals surface area contributed by atoms with Crippen LogP contribution in [-0.2, 0) is 29.3 Å². The first kappa shape index (κ1) is 22.6. The summed E-state index contributed by atoms with van der Waals surface area (Å²) in [5.41, 5.74) is 0.437. The Labute approximate surface area is 170 Å². The van der Waals surface area contributed by atoms with Gasteiger partial charge >= 0.3 is 26.6 Å². The Kier molecular flexibility index (Phi) is 8.42. The highest BCUT2D eigenvalue weighted by atomic mass is 31.1. The highest BCUT2D eigenvalue weighted by Crippen LogP contribution is 2.34. The van der Waals surface area contributed by atoms with E-state index in [2.05, 4.69) is 0 Å². The molecule has 0 spiro atoms. The lowest BCUT2D eigenvalue weighted by Gasteiger charge is -2.30. The molecule has 0 N–H and O–H groups in total. The molecule has 29 heavy (non-hydrogen) atoms. The van der Waals surface area contributed by atoms with Crippen molar-refractivity contribution in [2.24, 2.45) is 0 Å². The summed E-state index contributed by atoms with van der Waals surface area (Å²) < 4.78 is 37.9. The third kappa shape index (κ3) is 5.92. The van der Waals surface area contributed by atoms with Gasteiger partial charge in [0.2, 0.25) is 0 Å². The number of hydrogen-bond donors (Lipinski definition) is 0.